The van der Waals surface area contributed by atoms with Crippen LogP contribution < -0.4 is 0 Å². The third kappa shape index (κ3) is 2.19. The van der Waals surface area contributed by atoms with Crippen molar-refractivity contribution >= 4 is 15.7 Å². The highest BCUT2D eigenvalue weighted by Gasteiger charge is 2.35. The summed E-state index contributed by atoms with van der Waals surface area (Å²) in [5.41, 5.74) is 0. The molecular formula is C7H13NO4S. The van der Waals surface area contributed by atoms with E-state index in [2.05, 4.69) is 0 Å². The van der Waals surface area contributed by atoms with E-state index in [9.17, 15) is 13.2 Å². The Morgan fingerprint density at radius 3 is 2.31 bits per heavy atom. The number of hydrogen-bond donors (Lipinski definition) is 1. The van der Waals surface area contributed by atoms with E-state index in [-0.39, 0.29) is 13.1 Å². The maximum Gasteiger partial charge on any atom is 0.240 e. The van der Waals surface area contributed by atoms with E-state index in [0.717, 1.165) is 6.26 Å². The number of β-amino-alcohol motifs (C(OH)–C–C–N with tert-alkyl or cyclic N) is 1. The third-order valence-corrected chi connectivity index (χ3v) is 3.65. The number of aliphatic hydroxyl groups excluding tert-OH is 1. The molecule has 0 aromatic carbocycles. The average molecular weight is 207 g/mol. The van der Waals surface area contributed by atoms with Gasteiger partial charge in [-0.25, -0.2) is 8.42 Å². The summed E-state index contributed by atoms with van der Waals surface area (Å²) in [6, 6.07) is 0. The fraction of sp³-hybridized carbons (Fsp3) is 0.857. The molecule has 1 rings (SSSR count). The lowest BCUT2D eigenvalue weighted by atomic mass is 10.1. The molecule has 0 aliphatic carbocycles. The van der Waals surface area contributed by atoms with Gasteiger partial charge in [-0.1, -0.05) is 0 Å². The molecule has 1 unspecified atom stereocenters. The quantitative estimate of drug-likeness (QED) is 0.605. The maximum absolute atomic E-state index is 11.4. The van der Waals surface area contributed by atoms with E-state index in [1.807, 2.05) is 0 Å². The second-order valence-electron chi connectivity index (χ2n) is 3.37. The maximum atomic E-state index is 11.4. The van der Waals surface area contributed by atoms with Crippen LogP contribution >= 0.6 is 0 Å². The lowest BCUT2D eigenvalue weighted by Gasteiger charge is -2.37. The van der Waals surface area contributed by atoms with Crippen molar-refractivity contribution in [3.8, 4) is 0 Å². The Morgan fingerprint density at radius 2 is 2.00 bits per heavy atom. The summed E-state index contributed by atoms with van der Waals surface area (Å²) in [4.78, 5) is 12.7. The van der Waals surface area contributed by atoms with Gasteiger partial charge in [0.25, 0.3) is 0 Å². The zero-order chi connectivity index (χ0) is 10.2. The molecule has 0 aromatic rings. The molecule has 1 heterocycles. The van der Waals surface area contributed by atoms with E-state index in [1.165, 1.54) is 11.8 Å². The molecule has 1 aliphatic heterocycles. The van der Waals surface area contributed by atoms with E-state index in [1.54, 1.807) is 0 Å². The second kappa shape index (κ2) is 3.26. The van der Waals surface area contributed by atoms with Crippen molar-refractivity contribution in [2.24, 2.45) is 0 Å². The number of likely N-dealkylation sites (tertiary alicyclic amines) is 1. The molecule has 1 amide bonds. The fourth-order valence-corrected chi connectivity index (χ4v) is 1.59. The summed E-state index contributed by atoms with van der Waals surface area (Å²) in [5, 5.41) is 7.91. The number of nitrogens with zero attached hydrogens (tertiary/aromatic N) is 1. The van der Waals surface area contributed by atoms with Crippen LogP contribution in [0.25, 0.3) is 0 Å². The van der Waals surface area contributed by atoms with Gasteiger partial charge in [-0.3, -0.25) is 4.79 Å². The molecule has 1 fully saturated rings. The smallest absolute Gasteiger partial charge is 0.240 e. The van der Waals surface area contributed by atoms with Gasteiger partial charge in [0, 0.05) is 19.3 Å². The Labute approximate surface area is 77.3 Å². The van der Waals surface area contributed by atoms with Crippen molar-refractivity contribution in [3.05, 3.63) is 0 Å². The minimum Gasteiger partial charge on any atom is -0.389 e. The van der Waals surface area contributed by atoms with Crippen LogP contribution in [0, 0.1) is 0 Å². The summed E-state index contributed by atoms with van der Waals surface area (Å²) >= 11 is 0. The molecule has 0 spiro atoms. The fourth-order valence-electron chi connectivity index (χ4n) is 1.08. The number of sulfone groups is 1. The van der Waals surface area contributed by atoms with E-state index >= 15 is 0 Å². The monoisotopic (exact) mass is 207 g/mol. The van der Waals surface area contributed by atoms with Crippen LogP contribution in [0.15, 0.2) is 0 Å². The van der Waals surface area contributed by atoms with Gasteiger partial charge < -0.3 is 10.0 Å². The van der Waals surface area contributed by atoms with Crippen molar-refractivity contribution < 1.29 is 18.3 Å². The number of aliphatic hydroxyl groups is 1. The molecule has 0 aromatic heterocycles. The van der Waals surface area contributed by atoms with Crippen LogP contribution in [0.3, 0.4) is 0 Å². The van der Waals surface area contributed by atoms with Gasteiger partial charge in [0.2, 0.25) is 5.91 Å². The Bertz CT molecular complexity index is 304. The van der Waals surface area contributed by atoms with Gasteiger partial charge in [0.15, 0.2) is 9.84 Å². The van der Waals surface area contributed by atoms with Gasteiger partial charge in [-0.15, -0.1) is 0 Å². The first-order chi connectivity index (χ1) is 5.82. The first-order valence-corrected chi connectivity index (χ1v) is 5.93. The molecule has 0 bridgehead atoms. The summed E-state index contributed by atoms with van der Waals surface area (Å²) in [5.74, 6) is -0.423. The predicted molar refractivity (Wildman–Crippen MR) is 46.9 cm³/mol. The van der Waals surface area contributed by atoms with Crippen LogP contribution in [-0.4, -0.2) is 55.0 Å². The average Bonchev–Trinajstić information content (AvgIpc) is 1.94. The molecule has 1 atom stereocenters. The Hall–Kier alpha value is -0.620. The lowest BCUT2D eigenvalue weighted by molar-refractivity contribution is -0.140. The number of rotatable bonds is 2. The highest BCUT2D eigenvalue weighted by molar-refractivity contribution is 7.92. The zero-order valence-electron chi connectivity index (χ0n) is 7.60. The predicted octanol–water partition coefficient (Wildman–Crippen LogP) is -1.38. The topological polar surface area (TPSA) is 74.7 Å². The minimum absolute atomic E-state index is 0.249. The number of hydrogen-bond acceptors (Lipinski definition) is 4. The SMILES string of the molecule is CC(C(=O)N1CC(O)C1)S(C)(=O)=O. The van der Waals surface area contributed by atoms with Gasteiger partial charge in [-0.05, 0) is 6.92 Å². The first-order valence-electron chi connectivity index (χ1n) is 3.98. The van der Waals surface area contributed by atoms with Crippen molar-refractivity contribution in [1.82, 2.24) is 4.90 Å². The molecule has 1 aliphatic rings. The Morgan fingerprint density at radius 1 is 1.54 bits per heavy atom. The molecule has 76 valence electrons. The van der Waals surface area contributed by atoms with Crippen LogP contribution in [-0.2, 0) is 14.6 Å². The second-order valence-corrected chi connectivity index (χ2v) is 5.73. The van der Waals surface area contributed by atoms with Gasteiger partial charge in [-0.2, -0.15) is 0 Å². The van der Waals surface area contributed by atoms with Gasteiger partial charge in [0.05, 0.1) is 6.10 Å². The van der Waals surface area contributed by atoms with Crippen molar-refractivity contribution in [2.75, 3.05) is 19.3 Å². The molecule has 6 heteroatoms. The standard InChI is InChI=1S/C7H13NO4S/c1-5(13(2,11)12)7(10)8-3-6(9)4-8/h5-6,9H,3-4H2,1-2H3. The van der Waals surface area contributed by atoms with E-state index < -0.39 is 27.1 Å². The van der Waals surface area contributed by atoms with Crippen molar-refractivity contribution in [3.63, 3.8) is 0 Å². The molecule has 5 nitrogen and oxygen atoms in total. The number of carbonyl (C=O) groups excluding carboxylic acids is 1. The first kappa shape index (κ1) is 10.5. The summed E-state index contributed by atoms with van der Waals surface area (Å²) in [6.45, 7) is 1.86. The molecule has 0 radical (unpaired) electrons. The summed E-state index contributed by atoms with van der Waals surface area (Å²) < 4.78 is 22.0. The Kier molecular flexibility index (Phi) is 2.63. The number of amides is 1. The largest absolute Gasteiger partial charge is 0.389 e. The van der Waals surface area contributed by atoms with Crippen molar-refractivity contribution in [1.29, 1.82) is 0 Å². The Balaban J connectivity index is 2.59. The molecule has 1 N–H and O–H groups in total. The highest BCUT2D eigenvalue weighted by atomic mass is 32.2. The molecule has 1 saturated heterocycles. The zero-order valence-corrected chi connectivity index (χ0v) is 8.41. The lowest BCUT2D eigenvalue weighted by Crippen LogP contribution is -2.56. The van der Waals surface area contributed by atoms with Crippen LogP contribution in [0.2, 0.25) is 0 Å². The van der Waals surface area contributed by atoms with Gasteiger partial charge >= 0.3 is 0 Å². The van der Waals surface area contributed by atoms with Crippen molar-refractivity contribution in [2.45, 2.75) is 18.3 Å². The number of carbonyl (C=O) groups is 1. The molecule has 0 saturated carbocycles. The minimum atomic E-state index is -3.31. The highest BCUT2D eigenvalue weighted by Crippen LogP contribution is 2.12. The summed E-state index contributed by atoms with van der Waals surface area (Å²) in [7, 11) is -3.31. The van der Waals surface area contributed by atoms with E-state index in [0.29, 0.717) is 0 Å². The van der Waals surface area contributed by atoms with Crippen LogP contribution in [0.1, 0.15) is 6.92 Å². The normalized spacial score (nSPS) is 21.0. The third-order valence-electron chi connectivity index (χ3n) is 2.16. The van der Waals surface area contributed by atoms with Crippen LogP contribution in [0.4, 0.5) is 0 Å². The van der Waals surface area contributed by atoms with Crippen LogP contribution in [0.5, 0.6) is 0 Å². The molecule has 13 heavy (non-hydrogen) atoms. The molecular weight excluding hydrogens is 194 g/mol. The van der Waals surface area contributed by atoms with Gasteiger partial charge in [0.1, 0.15) is 5.25 Å². The summed E-state index contributed by atoms with van der Waals surface area (Å²) in [6.07, 6.45) is 0.543. The van der Waals surface area contributed by atoms with E-state index in [4.69, 9.17) is 5.11 Å².